The van der Waals surface area contributed by atoms with E-state index in [9.17, 15) is 4.79 Å². The summed E-state index contributed by atoms with van der Waals surface area (Å²) in [6.45, 7) is 7.24. The van der Waals surface area contributed by atoms with Crippen LogP contribution in [0, 0.1) is 0 Å². The highest BCUT2D eigenvalue weighted by Crippen LogP contribution is 2.18. The van der Waals surface area contributed by atoms with E-state index in [0.29, 0.717) is 19.0 Å². The molecule has 0 aromatic heterocycles. The molecular formula is C15H22O4. The molecule has 0 bridgehead atoms. The van der Waals surface area contributed by atoms with E-state index in [1.807, 2.05) is 13.8 Å². The lowest BCUT2D eigenvalue weighted by atomic mass is 10.1. The highest BCUT2D eigenvalue weighted by Gasteiger charge is 2.14. The summed E-state index contributed by atoms with van der Waals surface area (Å²) in [4.78, 5) is 11.0. The lowest BCUT2D eigenvalue weighted by Crippen LogP contribution is -2.24. The molecule has 0 saturated carbocycles. The number of rotatable bonds is 8. The van der Waals surface area contributed by atoms with Crippen molar-refractivity contribution in [1.29, 1.82) is 0 Å². The Labute approximate surface area is 114 Å². The summed E-state index contributed by atoms with van der Waals surface area (Å²) in [7, 11) is 0. The molecule has 0 aliphatic heterocycles. The first kappa shape index (κ1) is 15.5. The number of benzene rings is 1. The number of carboxylic acids is 1. The van der Waals surface area contributed by atoms with Crippen LogP contribution in [0.4, 0.5) is 0 Å². The molecule has 0 aliphatic rings. The van der Waals surface area contributed by atoms with E-state index in [1.54, 1.807) is 18.2 Å². The fourth-order valence-corrected chi connectivity index (χ4v) is 1.46. The number of aromatic carboxylic acids is 1. The molecule has 1 aromatic rings. The summed E-state index contributed by atoms with van der Waals surface area (Å²) < 4.78 is 11.2. The summed E-state index contributed by atoms with van der Waals surface area (Å²) in [5.74, 6) is -0.566. The van der Waals surface area contributed by atoms with Gasteiger partial charge in [0.25, 0.3) is 0 Å². The molecule has 0 radical (unpaired) electrons. The van der Waals surface area contributed by atoms with Gasteiger partial charge in [-0.25, -0.2) is 4.79 Å². The normalized spacial score (nSPS) is 11.3. The van der Waals surface area contributed by atoms with Gasteiger partial charge in [-0.3, -0.25) is 0 Å². The van der Waals surface area contributed by atoms with Gasteiger partial charge in [0.05, 0.1) is 18.8 Å². The Bertz CT molecular complexity index is 412. The van der Waals surface area contributed by atoms with Crippen molar-refractivity contribution in [2.45, 2.75) is 39.2 Å². The Morgan fingerprint density at radius 3 is 2.58 bits per heavy atom. The summed E-state index contributed by atoms with van der Waals surface area (Å²) in [5, 5.41) is 9.00. The van der Waals surface area contributed by atoms with E-state index in [-0.39, 0.29) is 11.2 Å². The van der Waals surface area contributed by atoms with Crippen LogP contribution in [-0.2, 0) is 4.74 Å². The number of hydrogen-bond acceptors (Lipinski definition) is 3. The van der Waals surface area contributed by atoms with Gasteiger partial charge in [-0.15, -0.1) is 0 Å². The van der Waals surface area contributed by atoms with Crippen molar-refractivity contribution in [3.05, 3.63) is 29.8 Å². The average molecular weight is 266 g/mol. The molecule has 19 heavy (non-hydrogen) atoms. The van der Waals surface area contributed by atoms with Gasteiger partial charge in [-0.05, 0) is 32.4 Å². The van der Waals surface area contributed by atoms with Crippen LogP contribution in [0.25, 0.3) is 0 Å². The first-order chi connectivity index (χ1) is 8.96. The first-order valence-corrected chi connectivity index (χ1v) is 6.55. The maximum absolute atomic E-state index is 11.0. The van der Waals surface area contributed by atoms with Crippen LogP contribution in [0.2, 0.25) is 0 Å². The molecule has 0 unspecified atom stereocenters. The third-order valence-electron chi connectivity index (χ3n) is 3.01. The van der Waals surface area contributed by atoms with E-state index in [4.69, 9.17) is 14.6 Å². The first-order valence-electron chi connectivity index (χ1n) is 6.55. The van der Waals surface area contributed by atoms with Gasteiger partial charge in [0.1, 0.15) is 11.3 Å². The Morgan fingerprint density at radius 1 is 1.26 bits per heavy atom. The molecule has 0 amide bonds. The second-order valence-electron chi connectivity index (χ2n) is 4.97. The summed E-state index contributed by atoms with van der Waals surface area (Å²) in [5.41, 5.74) is 0.0798. The molecule has 0 aliphatic carbocycles. The largest absolute Gasteiger partial charge is 0.493 e. The molecule has 0 spiro atoms. The number of carbonyl (C=O) groups is 1. The Hall–Kier alpha value is -1.55. The summed E-state index contributed by atoms with van der Waals surface area (Å²) in [6.07, 6.45) is 1.69. The predicted molar refractivity (Wildman–Crippen MR) is 73.8 cm³/mol. The SMILES string of the molecule is CCC(C)(C)OCCCOc1ccccc1C(=O)O. The Morgan fingerprint density at radius 2 is 1.95 bits per heavy atom. The lowest BCUT2D eigenvalue weighted by Gasteiger charge is -2.23. The highest BCUT2D eigenvalue weighted by molar-refractivity contribution is 5.90. The van der Waals surface area contributed by atoms with Crippen LogP contribution in [0.5, 0.6) is 5.75 Å². The van der Waals surface area contributed by atoms with Crippen molar-refractivity contribution >= 4 is 5.97 Å². The van der Waals surface area contributed by atoms with Crippen molar-refractivity contribution in [2.75, 3.05) is 13.2 Å². The van der Waals surface area contributed by atoms with Gasteiger partial charge < -0.3 is 14.6 Å². The molecule has 4 heteroatoms. The molecular weight excluding hydrogens is 244 g/mol. The highest BCUT2D eigenvalue weighted by atomic mass is 16.5. The molecule has 0 heterocycles. The number of carboxylic acid groups (broad SMARTS) is 1. The van der Waals surface area contributed by atoms with E-state index in [2.05, 4.69) is 6.92 Å². The van der Waals surface area contributed by atoms with Crippen molar-refractivity contribution in [3.8, 4) is 5.75 Å². The minimum atomic E-state index is -0.973. The zero-order valence-electron chi connectivity index (χ0n) is 11.8. The Balaban J connectivity index is 2.36. The standard InChI is InChI=1S/C15H22O4/c1-4-15(2,3)19-11-7-10-18-13-9-6-5-8-12(13)14(16)17/h5-6,8-9H,4,7,10-11H2,1-3H3,(H,16,17). The molecule has 1 N–H and O–H groups in total. The maximum Gasteiger partial charge on any atom is 0.339 e. The van der Waals surface area contributed by atoms with E-state index >= 15 is 0 Å². The lowest BCUT2D eigenvalue weighted by molar-refractivity contribution is -0.0241. The molecule has 0 saturated heterocycles. The number of para-hydroxylation sites is 1. The molecule has 4 nitrogen and oxygen atoms in total. The number of ether oxygens (including phenoxy) is 2. The second kappa shape index (κ2) is 7.14. The van der Waals surface area contributed by atoms with Gasteiger partial charge >= 0.3 is 5.97 Å². The average Bonchev–Trinajstić information content (AvgIpc) is 2.38. The summed E-state index contributed by atoms with van der Waals surface area (Å²) in [6, 6.07) is 6.65. The molecule has 106 valence electrons. The van der Waals surface area contributed by atoms with Gasteiger partial charge in [-0.1, -0.05) is 19.1 Å². The van der Waals surface area contributed by atoms with Crippen LogP contribution >= 0.6 is 0 Å². The van der Waals surface area contributed by atoms with Gasteiger partial charge in [0.2, 0.25) is 0 Å². The van der Waals surface area contributed by atoms with E-state index in [1.165, 1.54) is 6.07 Å². The van der Waals surface area contributed by atoms with Crippen LogP contribution in [0.1, 0.15) is 44.0 Å². The van der Waals surface area contributed by atoms with Crippen molar-refractivity contribution in [3.63, 3.8) is 0 Å². The maximum atomic E-state index is 11.0. The second-order valence-corrected chi connectivity index (χ2v) is 4.97. The monoisotopic (exact) mass is 266 g/mol. The molecule has 0 atom stereocenters. The van der Waals surface area contributed by atoms with Crippen molar-refractivity contribution in [1.82, 2.24) is 0 Å². The quantitative estimate of drug-likeness (QED) is 0.733. The van der Waals surface area contributed by atoms with Crippen molar-refractivity contribution < 1.29 is 19.4 Å². The number of hydrogen-bond donors (Lipinski definition) is 1. The van der Waals surface area contributed by atoms with Gasteiger partial charge in [-0.2, -0.15) is 0 Å². The molecule has 0 fully saturated rings. The van der Waals surface area contributed by atoms with Gasteiger partial charge in [0, 0.05) is 6.42 Å². The zero-order chi connectivity index (χ0) is 14.3. The van der Waals surface area contributed by atoms with Crippen LogP contribution in [0.15, 0.2) is 24.3 Å². The van der Waals surface area contributed by atoms with Crippen LogP contribution < -0.4 is 4.74 Å². The molecule has 1 aromatic carbocycles. The van der Waals surface area contributed by atoms with E-state index in [0.717, 1.165) is 12.8 Å². The summed E-state index contributed by atoms with van der Waals surface area (Å²) >= 11 is 0. The zero-order valence-corrected chi connectivity index (χ0v) is 11.8. The van der Waals surface area contributed by atoms with Crippen LogP contribution in [0.3, 0.4) is 0 Å². The minimum absolute atomic E-state index is 0.112. The fourth-order valence-electron chi connectivity index (χ4n) is 1.46. The Kier molecular flexibility index (Phi) is 5.83. The predicted octanol–water partition coefficient (Wildman–Crippen LogP) is 3.36. The third kappa shape index (κ3) is 5.30. The van der Waals surface area contributed by atoms with Crippen LogP contribution in [-0.4, -0.2) is 29.9 Å². The smallest absolute Gasteiger partial charge is 0.339 e. The molecule has 1 rings (SSSR count). The van der Waals surface area contributed by atoms with Crippen molar-refractivity contribution in [2.24, 2.45) is 0 Å². The third-order valence-corrected chi connectivity index (χ3v) is 3.01. The minimum Gasteiger partial charge on any atom is -0.493 e. The van der Waals surface area contributed by atoms with Gasteiger partial charge in [0.15, 0.2) is 0 Å². The fraction of sp³-hybridized carbons (Fsp3) is 0.533. The van der Waals surface area contributed by atoms with E-state index < -0.39 is 5.97 Å². The topological polar surface area (TPSA) is 55.8 Å².